The fraction of sp³-hybridized carbons (Fsp3) is 0.308. The monoisotopic (exact) mass is 235 g/mol. The van der Waals surface area contributed by atoms with Crippen molar-refractivity contribution in [3.8, 4) is 0 Å². The van der Waals surface area contributed by atoms with Gasteiger partial charge in [0.15, 0.2) is 0 Å². The molecule has 1 aromatic rings. The van der Waals surface area contributed by atoms with Crippen LogP contribution in [0.25, 0.3) is 5.57 Å². The Labute approximate surface area is 101 Å². The zero-order valence-electron chi connectivity index (χ0n) is 10.3. The molecule has 1 rings (SSSR count). The van der Waals surface area contributed by atoms with Crippen molar-refractivity contribution < 1.29 is 14.6 Å². The van der Waals surface area contributed by atoms with Crippen LogP contribution in [0.5, 0.6) is 0 Å². The molecule has 4 nitrogen and oxygen atoms in total. The third-order valence-electron chi connectivity index (χ3n) is 2.18. The number of carboxylic acid groups (broad SMARTS) is 1. The summed E-state index contributed by atoms with van der Waals surface area (Å²) in [6, 6.07) is 8.96. The van der Waals surface area contributed by atoms with Gasteiger partial charge in [-0.15, -0.1) is 0 Å². The van der Waals surface area contributed by atoms with Crippen molar-refractivity contribution in [2.75, 3.05) is 20.7 Å². The van der Waals surface area contributed by atoms with Crippen LogP contribution in [0.1, 0.15) is 12.5 Å². The highest BCUT2D eigenvalue weighted by atomic mass is 16.5. The summed E-state index contributed by atoms with van der Waals surface area (Å²) in [6.07, 6.45) is 0. The van der Waals surface area contributed by atoms with Gasteiger partial charge in [-0.05, 0) is 12.5 Å². The quantitative estimate of drug-likeness (QED) is 0.626. The van der Waals surface area contributed by atoms with Crippen molar-refractivity contribution in [2.45, 2.75) is 6.92 Å². The van der Waals surface area contributed by atoms with Gasteiger partial charge >= 0.3 is 5.97 Å². The minimum Gasteiger partial charge on any atom is -0.479 e. The van der Waals surface area contributed by atoms with E-state index in [2.05, 4.69) is 0 Å². The molecular weight excluding hydrogens is 218 g/mol. The van der Waals surface area contributed by atoms with Crippen LogP contribution in [-0.2, 0) is 9.53 Å². The van der Waals surface area contributed by atoms with Gasteiger partial charge < -0.3 is 14.7 Å². The van der Waals surface area contributed by atoms with Gasteiger partial charge in [0.2, 0.25) is 5.88 Å². The number of carboxylic acids is 1. The molecular formula is C13H17NO3. The molecule has 0 unspecified atom stereocenters. The molecule has 0 amide bonds. The van der Waals surface area contributed by atoms with Crippen molar-refractivity contribution in [2.24, 2.45) is 0 Å². The first-order valence-electron chi connectivity index (χ1n) is 5.41. The second kappa shape index (κ2) is 5.94. The molecule has 0 bridgehead atoms. The topological polar surface area (TPSA) is 49.8 Å². The number of aliphatic carboxylic acids is 1. The first-order chi connectivity index (χ1) is 8.07. The zero-order valence-corrected chi connectivity index (χ0v) is 10.3. The molecule has 1 N–H and O–H groups in total. The number of hydrogen-bond donors (Lipinski definition) is 1. The minimum absolute atomic E-state index is 0.178. The van der Waals surface area contributed by atoms with Crippen LogP contribution in [0.3, 0.4) is 0 Å². The molecule has 0 atom stereocenters. The molecule has 0 aliphatic heterocycles. The van der Waals surface area contributed by atoms with Crippen LogP contribution in [0.15, 0.2) is 36.2 Å². The predicted octanol–water partition coefficient (Wildman–Crippen LogP) is 2.04. The highest BCUT2D eigenvalue weighted by Gasteiger charge is 2.19. The Morgan fingerprint density at radius 3 is 2.29 bits per heavy atom. The number of rotatable bonds is 5. The molecule has 0 saturated carbocycles. The average Bonchev–Trinajstić information content (AvgIpc) is 2.29. The summed E-state index contributed by atoms with van der Waals surface area (Å²) in [4.78, 5) is 13.0. The van der Waals surface area contributed by atoms with E-state index in [0.717, 1.165) is 0 Å². The molecule has 17 heavy (non-hydrogen) atoms. The van der Waals surface area contributed by atoms with Crippen LogP contribution < -0.4 is 0 Å². The van der Waals surface area contributed by atoms with Gasteiger partial charge in [0.1, 0.15) is 5.57 Å². The lowest BCUT2D eigenvalue weighted by molar-refractivity contribution is -0.130. The molecule has 92 valence electrons. The summed E-state index contributed by atoms with van der Waals surface area (Å²) in [5, 5.41) is 9.31. The van der Waals surface area contributed by atoms with Gasteiger partial charge in [-0.3, -0.25) is 0 Å². The van der Waals surface area contributed by atoms with Gasteiger partial charge in [-0.25, -0.2) is 4.79 Å². The first-order valence-corrected chi connectivity index (χ1v) is 5.41. The van der Waals surface area contributed by atoms with Crippen molar-refractivity contribution in [3.05, 3.63) is 41.8 Å². The van der Waals surface area contributed by atoms with Crippen molar-refractivity contribution in [3.63, 3.8) is 0 Å². The Kier molecular flexibility index (Phi) is 4.57. The lowest BCUT2D eigenvalue weighted by atomic mass is 10.1. The standard InChI is InChI=1S/C13H17NO3/c1-4-17-12(14(2)3)11(13(15)16)10-8-6-5-7-9-10/h5-9H,4H2,1-3H3,(H,15,16). The summed E-state index contributed by atoms with van der Waals surface area (Å²) < 4.78 is 5.41. The van der Waals surface area contributed by atoms with Gasteiger partial charge in [0.25, 0.3) is 0 Å². The molecule has 0 saturated heterocycles. The molecule has 0 fully saturated rings. The Balaban J connectivity index is 3.32. The van der Waals surface area contributed by atoms with Crippen LogP contribution in [0.4, 0.5) is 0 Å². The Hall–Kier alpha value is -1.97. The fourth-order valence-corrected chi connectivity index (χ4v) is 1.50. The Morgan fingerprint density at radius 2 is 1.88 bits per heavy atom. The van der Waals surface area contributed by atoms with Crippen molar-refractivity contribution >= 4 is 11.5 Å². The molecule has 0 spiro atoms. The van der Waals surface area contributed by atoms with E-state index in [-0.39, 0.29) is 5.57 Å². The lowest BCUT2D eigenvalue weighted by Crippen LogP contribution is -2.19. The second-order valence-electron chi connectivity index (χ2n) is 3.68. The van der Waals surface area contributed by atoms with Crippen LogP contribution in [0, 0.1) is 0 Å². The van der Waals surface area contributed by atoms with Crippen molar-refractivity contribution in [1.29, 1.82) is 0 Å². The van der Waals surface area contributed by atoms with E-state index in [1.54, 1.807) is 43.3 Å². The molecule has 1 aromatic carbocycles. The summed E-state index contributed by atoms with van der Waals surface area (Å²) in [7, 11) is 3.52. The minimum atomic E-state index is -0.992. The number of carbonyl (C=O) groups is 1. The fourth-order valence-electron chi connectivity index (χ4n) is 1.50. The van der Waals surface area contributed by atoms with E-state index in [1.165, 1.54) is 0 Å². The van der Waals surface area contributed by atoms with Crippen LogP contribution in [-0.4, -0.2) is 36.7 Å². The van der Waals surface area contributed by atoms with Crippen molar-refractivity contribution in [1.82, 2.24) is 4.90 Å². The van der Waals surface area contributed by atoms with Crippen LogP contribution in [0.2, 0.25) is 0 Å². The molecule has 0 aliphatic carbocycles. The highest BCUT2D eigenvalue weighted by Crippen LogP contribution is 2.21. The van der Waals surface area contributed by atoms with E-state index < -0.39 is 5.97 Å². The number of hydrogen-bond acceptors (Lipinski definition) is 3. The summed E-state index contributed by atoms with van der Waals surface area (Å²) in [6.45, 7) is 2.26. The highest BCUT2D eigenvalue weighted by molar-refractivity contribution is 6.15. The van der Waals surface area contributed by atoms with Crippen LogP contribution >= 0.6 is 0 Å². The smallest absolute Gasteiger partial charge is 0.341 e. The van der Waals surface area contributed by atoms with E-state index in [4.69, 9.17) is 4.74 Å². The van der Waals surface area contributed by atoms with Gasteiger partial charge in [-0.2, -0.15) is 0 Å². The number of nitrogens with zero attached hydrogens (tertiary/aromatic N) is 1. The summed E-state index contributed by atoms with van der Waals surface area (Å²) >= 11 is 0. The Bertz CT molecular complexity index is 410. The lowest BCUT2D eigenvalue weighted by Gasteiger charge is -2.20. The molecule has 4 heteroatoms. The van der Waals surface area contributed by atoms with Gasteiger partial charge in [-0.1, -0.05) is 30.3 Å². The van der Waals surface area contributed by atoms with E-state index >= 15 is 0 Å². The second-order valence-corrected chi connectivity index (χ2v) is 3.68. The average molecular weight is 235 g/mol. The number of benzene rings is 1. The third-order valence-corrected chi connectivity index (χ3v) is 2.18. The van der Waals surface area contributed by atoms with Gasteiger partial charge in [0.05, 0.1) is 6.61 Å². The van der Waals surface area contributed by atoms with E-state index in [9.17, 15) is 9.90 Å². The molecule has 0 heterocycles. The SMILES string of the molecule is CCOC(=C(C(=O)O)c1ccccc1)N(C)C. The Morgan fingerprint density at radius 1 is 1.29 bits per heavy atom. The predicted molar refractivity (Wildman–Crippen MR) is 66.3 cm³/mol. The molecule has 0 aromatic heterocycles. The summed E-state index contributed by atoms with van der Waals surface area (Å²) in [5.74, 6) is -0.625. The normalized spacial score (nSPS) is 11.7. The van der Waals surface area contributed by atoms with E-state index in [0.29, 0.717) is 18.1 Å². The first kappa shape index (κ1) is 13.1. The summed E-state index contributed by atoms with van der Waals surface area (Å²) in [5.41, 5.74) is 0.814. The van der Waals surface area contributed by atoms with E-state index in [1.807, 2.05) is 13.0 Å². The largest absolute Gasteiger partial charge is 0.479 e. The molecule has 0 aliphatic rings. The van der Waals surface area contributed by atoms with Gasteiger partial charge in [0, 0.05) is 14.1 Å². The maximum atomic E-state index is 11.4. The zero-order chi connectivity index (χ0) is 12.8. The maximum Gasteiger partial charge on any atom is 0.341 e. The number of ether oxygens (including phenoxy) is 1. The third kappa shape index (κ3) is 3.24. The molecule has 0 radical (unpaired) electrons. The maximum absolute atomic E-state index is 11.4.